The predicted octanol–water partition coefficient (Wildman–Crippen LogP) is 1.01. The summed E-state index contributed by atoms with van der Waals surface area (Å²) in [5, 5.41) is 12.9. The van der Waals surface area contributed by atoms with Gasteiger partial charge in [0.1, 0.15) is 5.82 Å². The van der Waals surface area contributed by atoms with Gasteiger partial charge in [-0.2, -0.15) is 0 Å². The Bertz CT molecular complexity index is 347. The molecule has 1 aromatic carbocycles. The molecule has 14 heavy (non-hydrogen) atoms. The third-order valence-corrected chi connectivity index (χ3v) is 2.81. The van der Waals surface area contributed by atoms with Crippen LogP contribution in [0.3, 0.4) is 0 Å². The van der Waals surface area contributed by atoms with Gasteiger partial charge in [0.25, 0.3) is 0 Å². The maximum atomic E-state index is 13.2. The van der Waals surface area contributed by atoms with Crippen LogP contribution in [0.4, 0.5) is 4.39 Å². The minimum absolute atomic E-state index is 0.196. The number of rotatable bonds is 2. The highest BCUT2D eigenvalue weighted by Gasteiger charge is 2.34. The summed E-state index contributed by atoms with van der Waals surface area (Å²) >= 11 is 0. The molecule has 1 aliphatic rings. The van der Waals surface area contributed by atoms with Crippen LogP contribution in [0.25, 0.3) is 0 Å². The minimum atomic E-state index is -0.668. The van der Waals surface area contributed by atoms with E-state index in [9.17, 15) is 9.50 Å². The molecule has 0 saturated carbocycles. The first kappa shape index (κ1) is 9.62. The Labute approximate surface area is 82.8 Å². The van der Waals surface area contributed by atoms with Crippen molar-refractivity contribution in [2.45, 2.75) is 18.9 Å². The molecule has 0 atom stereocenters. The molecule has 0 radical (unpaired) electrons. The van der Waals surface area contributed by atoms with E-state index in [1.54, 1.807) is 13.0 Å². The number of hydrogen-bond acceptors (Lipinski definition) is 2. The van der Waals surface area contributed by atoms with Gasteiger partial charge in [-0.25, -0.2) is 4.39 Å². The molecule has 0 bridgehead atoms. The van der Waals surface area contributed by atoms with Crippen molar-refractivity contribution in [3.8, 4) is 0 Å². The van der Waals surface area contributed by atoms with Crippen LogP contribution in [0.1, 0.15) is 11.1 Å². The maximum Gasteiger partial charge on any atom is 0.126 e. The van der Waals surface area contributed by atoms with Crippen molar-refractivity contribution < 1.29 is 9.50 Å². The third kappa shape index (κ3) is 1.65. The first-order chi connectivity index (χ1) is 6.61. The summed E-state index contributed by atoms with van der Waals surface area (Å²) in [5.74, 6) is -0.196. The fourth-order valence-electron chi connectivity index (χ4n) is 1.74. The van der Waals surface area contributed by atoms with E-state index >= 15 is 0 Å². The summed E-state index contributed by atoms with van der Waals surface area (Å²) in [7, 11) is 0. The van der Waals surface area contributed by atoms with E-state index < -0.39 is 5.60 Å². The third-order valence-electron chi connectivity index (χ3n) is 2.81. The Morgan fingerprint density at radius 1 is 1.50 bits per heavy atom. The fourth-order valence-corrected chi connectivity index (χ4v) is 1.74. The van der Waals surface area contributed by atoms with Crippen molar-refractivity contribution in [3.05, 3.63) is 35.1 Å². The van der Waals surface area contributed by atoms with Crippen LogP contribution >= 0.6 is 0 Å². The lowest BCUT2D eigenvalue weighted by atomic mass is 9.87. The highest BCUT2D eigenvalue weighted by molar-refractivity contribution is 5.29. The number of halogens is 1. The lowest BCUT2D eigenvalue weighted by molar-refractivity contribution is -0.00919. The maximum absolute atomic E-state index is 13.2. The highest BCUT2D eigenvalue weighted by atomic mass is 19.1. The van der Waals surface area contributed by atoms with Gasteiger partial charge in [-0.3, -0.25) is 0 Å². The van der Waals surface area contributed by atoms with Gasteiger partial charge in [-0.05, 0) is 24.1 Å². The second-order valence-corrected chi connectivity index (χ2v) is 4.03. The second-order valence-electron chi connectivity index (χ2n) is 4.03. The van der Waals surface area contributed by atoms with Crippen molar-refractivity contribution in [1.29, 1.82) is 0 Å². The summed E-state index contributed by atoms with van der Waals surface area (Å²) in [5.41, 5.74) is 0.875. The van der Waals surface area contributed by atoms with Crippen molar-refractivity contribution >= 4 is 0 Å². The van der Waals surface area contributed by atoms with Crippen molar-refractivity contribution in [2.24, 2.45) is 0 Å². The van der Waals surface area contributed by atoms with E-state index in [-0.39, 0.29) is 5.82 Å². The summed E-state index contributed by atoms with van der Waals surface area (Å²) in [6.07, 6.45) is 0.531. The summed E-state index contributed by atoms with van der Waals surface area (Å²) in [6.45, 7) is 2.95. The summed E-state index contributed by atoms with van der Waals surface area (Å²) < 4.78 is 13.2. The monoisotopic (exact) mass is 195 g/mol. The molecular formula is C11H14FNO. The molecule has 2 N–H and O–H groups in total. The highest BCUT2D eigenvalue weighted by Crippen LogP contribution is 2.21. The van der Waals surface area contributed by atoms with Gasteiger partial charge in [0.2, 0.25) is 0 Å². The summed E-state index contributed by atoms with van der Waals surface area (Å²) in [4.78, 5) is 0. The molecule has 76 valence electrons. The number of nitrogens with one attached hydrogen (secondary N) is 1. The van der Waals surface area contributed by atoms with Crippen LogP contribution in [0, 0.1) is 12.7 Å². The van der Waals surface area contributed by atoms with E-state index in [2.05, 4.69) is 5.32 Å². The van der Waals surface area contributed by atoms with Crippen molar-refractivity contribution in [2.75, 3.05) is 13.1 Å². The molecule has 1 heterocycles. The molecule has 1 fully saturated rings. The molecular weight excluding hydrogens is 181 g/mol. The van der Waals surface area contributed by atoms with Gasteiger partial charge >= 0.3 is 0 Å². The molecule has 0 unspecified atom stereocenters. The zero-order chi connectivity index (χ0) is 10.2. The van der Waals surface area contributed by atoms with Crippen LogP contribution in [0.2, 0.25) is 0 Å². The fraction of sp³-hybridized carbons (Fsp3) is 0.455. The Balaban J connectivity index is 2.20. The Kier molecular flexibility index (Phi) is 2.29. The minimum Gasteiger partial charge on any atom is -0.387 e. The van der Waals surface area contributed by atoms with Gasteiger partial charge in [-0.1, -0.05) is 12.1 Å². The molecule has 2 rings (SSSR count). The summed E-state index contributed by atoms with van der Waals surface area (Å²) in [6, 6.07) is 5.00. The molecule has 0 aliphatic carbocycles. The molecule has 0 spiro atoms. The van der Waals surface area contributed by atoms with E-state index in [0.29, 0.717) is 25.1 Å². The smallest absolute Gasteiger partial charge is 0.126 e. The second kappa shape index (κ2) is 3.33. The molecule has 2 nitrogen and oxygen atoms in total. The Hall–Kier alpha value is -0.930. The van der Waals surface area contributed by atoms with Gasteiger partial charge in [-0.15, -0.1) is 0 Å². The number of hydrogen-bond donors (Lipinski definition) is 2. The largest absolute Gasteiger partial charge is 0.387 e. The first-order valence-electron chi connectivity index (χ1n) is 4.78. The van der Waals surface area contributed by atoms with E-state index in [0.717, 1.165) is 5.56 Å². The average Bonchev–Trinajstić information content (AvgIpc) is 2.10. The van der Waals surface area contributed by atoms with Gasteiger partial charge in [0, 0.05) is 19.5 Å². The van der Waals surface area contributed by atoms with Crippen LogP contribution in [0.15, 0.2) is 18.2 Å². The SMILES string of the molecule is Cc1c(F)cccc1CC1(O)CNC1. The predicted molar refractivity (Wildman–Crippen MR) is 52.7 cm³/mol. The van der Waals surface area contributed by atoms with E-state index in [1.807, 2.05) is 6.07 Å². The number of aliphatic hydroxyl groups is 1. The molecule has 1 aromatic rings. The normalized spacial score (nSPS) is 19.1. The quantitative estimate of drug-likeness (QED) is 0.738. The Morgan fingerprint density at radius 3 is 2.79 bits per heavy atom. The molecule has 1 saturated heterocycles. The van der Waals surface area contributed by atoms with Crippen molar-refractivity contribution in [3.63, 3.8) is 0 Å². The first-order valence-corrected chi connectivity index (χ1v) is 4.78. The topological polar surface area (TPSA) is 32.3 Å². The number of β-amino-alcohol motifs (C(OH)–C–C–N with tert-alkyl or cyclic N) is 1. The van der Waals surface area contributed by atoms with Crippen LogP contribution < -0.4 is 5.32 Å². The number of benzene rings is 1. The van der Waals surface area contributed by atoms with Crippen molar-refractivity contribution in [1.82, 2.24) is 5.32 Å². The van der Waals surface area contributed by atoms with Crippen LogP contribution in [-0.2, 0) is 6.42 Å². The van der Waals surface area contributed by atoms with Gasteiger partial charge < -0.3 is 10.4 Å². The molecule has 3 heteroatoms. The van der Waals surface area contributed by atoms with E-state index in [4.69, 9.17) is 0 Å². The average molecular weight is 195 g/mol. The molecule has 0 amide bonds. The zero-order valence-electron chi connectivity index (χ0n) is 8.18. The van der Waals surface area contributed by atoms with Crippen LogP contribution in [0.5, 0.6) is 0 Å². The van der Waals surface area contributed by atoms with Crippen LogP contribution in [-0.4, -0.2) is 23.8 Å². The van der Waals surface area contributed by atoms with E-state index in [1.165, 1.54) is 6.07 Å². The Morgan fingerprint density at radius 2 is 2.21 bits per heavy atom. The lowest BCUT2D eigenvalue weighted by Gasteiger charge is -2.38. The van der Waals surface area contributed by atoms with Gasteiger partial charge in [0.05, 0.1) is 5.60 Å². The molecule has 0 aromatic heterocycles. The van der Waals surface area contributed by atoms with Gasteiger partial charge in [0.15, 0.2) is 0 Å². The standard InChI is InChI=1S/C11H14FNO/c1-8-9(3-2-4-10(8)12)5-11(14)6-13-7-11/h2-4,13-14H,5-7H2,1H3. The lowest BCUT2D eigenvalue weighted by Crippen LogP contribution is -2.60. The zero-order valence-corrected chi connectivity index (χ0v) is 8.18. The molecule has 1 aliphatic heterocycles.